The van der Waals surface area contributed by atoms with Crippen LogP contribution < -0.4 is 4.90 Å². The maximum absolute atomic E-state index is 13.6. The molecule has 1 saturated heterocycles. The van der Waals surface area contributed by atoms with E-state index in [1.54, 1.807) is 26.0 Å². The van der Waals surface area contributed by atoms with E-state index in [2.05, 4.69) is 0 Å². The highest BCUT2D eigenvalue weighted by Crippen LogP contribution is 2.27. The molecule has 110 valence electrons. The van der Waals surface area contributed by atoms with Gasteiger partial charge in [-0.3, -0.25) is 8.98 Å². The average Bonchev–Trinajstić information content (AvgIpc) is 2.65. The number of halogens is 1. The SMILES string of the molecule is Cc1cc(N2CCC(OS(C)(=O)=O)C2=O)cc(C)c1F. The summed E-state index contributed by atoms with van der Waals surface area (Å²) in [4.78, 5) is 13.6. The van der Waals surface area contributed by atoms with Gasteiger partial charge in [-0.2, -0.15) is 8.42 Å². The van der Waals surface area contributed by atoms with Crippen LogP contribution >= 0.6 is 0 Å². The third kappa shape index (κ3) is 2.99. The Kier molecular flexibility index (Phi) is 3.84. The molecule has 1 aromatic rings. The summed E-state index contributed by atoms with van der Waals surface area (Å²) in [6, 6.07) is 3.14. The van der Waals surface area contributed by atoms with Crippen molar-refractivity contribution >= 4 is 21.7 Å². The number of carbonyl (C=O) groups excluding carboxylic acids is 1. The van der Waals surface area contributed by atoms with Gasteiger partial charge in [0, 0.05) is 18.7 Å². The number of nitrogens with zero attached hydrogens (tertiary/aromatic N) is 1. The molecule has 1 fully saturated rings. The molecular formula is C13H16FNO4S. The lowest BCUT2D eigenvalue weighted by Gasteiger charge is -2.18. The number of anilines is 1. The van der Waals surface area contributed by atoms with E-state index in [9.17, 15) is 17.6 Å². The number of hydrogen-bond donors (Lipinski definition) is 0. The number of rotatable bonds is 3. The van der Waals surface area contributed by atoms with Gasteiger partial charge in [0.05, 0.1) is 6.26 Å². The smallest absolute Gasteiger partial charge is 0.265 e. The highest BCUT2D eigenvalue weighted by molar-refractivity contribution is 7.86. The molecule has 0 spiro atoms. The standard InChI is InChI=1S/C13H16FNO4S/c1-8-6-10(7-9(2)12(8)14)15-5-4-11(13(15)16)19-20(3,17)18/h6-7,11H,4-5H2,1-3H3. The fraction of sp³-hybridized carbons (Fsp3) is 0.462. The Morgan fingerprint density at radius 2 is 1.85 bits per heavy atom. The largest absolute Gasteiger partial charge is 0.310 e. The molecule has 0 radical (unpaired) electrons. The van der Waals surface area contributed by atoms with Crippen molar-refractivity contribution in [3.05, 3.63) is 29.1 Å². The molecule has 20 heavy (non-hydrogen) atoms. The molecule has 0 saturated carbocycles. The number of carbonyl (C=O) groups is 1. The maximum atomic E-state index is 13.6. The topological polar surface area (TPSA) is 63.7 Å². The summed E-state index contributed by atoms with van der Waals surface area (Å²) < 4.78 is 40.5. The Hall–Kier alpha value is -1.47. The van der Waals surface area contributed by atoms with Crippen LogP contribution in [-0.4, -0.2) is 33.2 Å². The van der Waals surface area contributed by atoms with Crippen molar-refractivity contribution in [1.29, 1.82) is 0 Å². The van der Waals surface area contributed by atoms with Crippen LogP contribution in [-0.2, 0) is 19.1 Å². The van der Waals surface area contributed by atoms with E-state index in [1.807, 2.05) is 0 Å². The molecule has 1 heterocycles. The van der Waals surface area contributed by atoms with E-state index in [1.165, 1.54) is 4.90 Å². The van der Waals surface area contributed by atoms with E-state index in [-0.39, 0.29) is 5.82 Å². The van der Waals surface area contributed by atoms with Crippen molar-refractivity contribution in [2.45, 2.75) is 26.4 Å². The fourth-order valence-electron chi connectivity index (χ4n) is 2.29. The van der Waals surface area contributed by atoms with Crippen LogP contribution in [0.4, 0.5) is 10.1 Å². The van der Waals surface area contributed by atoms with Gasteiger partial charge >= 0.3 is 0 Å². The van der Waals surface area contributed by atoms with E-state index in [4.69, 9.17) is 4.18 Å². The molecule has 0 aromatic heterocycles. The van der Waals surface area contributed by atoms with Gasteiger partial charge in [0.2, 0.25) is 0 Å². The van der Waals surface area contributed by atoms with Crippen LogP contribution in [0, 0.1) is 19.7 Å². The lowest BCUT2D eigenvalue weighted by atomic mass is 10.1. The summed E-state index contributed by atoms with van der Waals surface area (Å²) in [6.07, 6.45) is 0.215. The number of benzene rings is 1. The minimum absolute atomic E-state index is 0.293. The summed E-state index contributed by atoms with van der Waals surface area (Å²) in [5, 5.41) is 0. The molecule has 1 amide bonds. The van der Waals surface area contributed by atoms with Crippen molar-refractivity contribution in [3.63, 3.8) is 0 Å². The second kappa shape index (κ2) is 5.14. The van der Waals surface area contributed by atoms with Crippen LogP contribution in [0.15, 0.2) is 12.1 Å². The van der Waals surface area contributed by atoms with Crippen molar-refractivity contribution < 1.29 is 21.8 Å². The zero-order chi connectivity index (χ0) is 15.1. The van der Waals surface area contributed by atoms with Gasteiger partial charge < -0.3 is 4.90 Å². The fourth-order valence-corrected chi connectivity index (χ4v) is 2.89. The normalized spacial score (nSPS) is 19.7. The third-order valence-electron chi connectivity index (χ3n) is 3.18. The van der Waals surface area contributed by atoms with Crippen LogP contribution in [0.1, 0.15) is 17.5 Å². The summed E-state index contributed by atoms with van der Waals surface area (Å²) in [5.74, 6) is -0.717. The Morgan fingerprint density at radius 1 is 1.30 bits per heavy atom. The van der Waals surface area contributed by atoms with E-state index in [0.29, 0.717) is 29.8 Å². The maximum Gasteiger partial charge on any atom is 0.265 e. The Morgan fingerprint density at radius 3 is 2.35 bits per heavy atom. The van der Waals surface area contributed by atoms with Gasteiger partial charge in [-0.1, -0.05) is 0 Å². The molecule has 0 bridgehead atoms. The first kappa shape index (κ1) is 14.9. The number of hydrogen-bond acceptors (Lipinski definition) is 4. The molecule has 1 aromatic carbocycles. The Balaban J connectivity index is 2.26. The first-order valence-electron chi connectivity index (χ1n) is 6.15. The van der Waals surface area contributed by atoms with Crippen LogP contribution in [0.5, 0.6) is 0 Å². The second-order valence-electron chi connectivity index (χ2n) is 4.96. The van der Waals surface area contributed by atoms with E-state index >= 15 is 0 Å². The highest BCUT2D eigenvalue weighted by atomic mass is 32.2. The number of aryl methyl sites for hydroxylation is 2. The van der Waals surface area contributed by atoms with Gasteiger partial charge in [0.1, 0.15) is 5.82 Å². The van der Waals surface area contributed by atoms with Gasteiger partial charge in [-0.25, -0.2) is 4.39 Å². The monoisotopic (exact) mass is 301 g/mol. The van der Waals surface area contributed by atoms with Crippen molar-refractivity contribution in [2.24, 2.45) is 0 Å². The summed E-state index contributed by atoms with van der Waals surface area (Å²) >= 11 is 0. The zero-order valence-electron chi connectivity index (χ0n) is 11.5. The molecule has 1 unspecified atom stereocenters. The molecule has 0 N–H and O–H groups in total. The third-order valence-corrected chi connectivity index (χ3v) is 3.76. The lowest BCUT2D eigenvalue weighted by molar-refractivity contribution is -0.122. The summed E-state index contributed by atoms with van der Waals surface area (Å²) in [7, 11) is -3.68. The van der Waals surface area contributed by atoms with E-state index < -0.39 is 22.1 Å². The predicted octanol–water partition coefficient (Wildman–Crippen LogP) is 1.52. The summed E-state index contributed by atoms with van der Waals surface area (Å²) in [6.45, 7) is 3.59. The van der Waals surface area contributed by atoms with Crippen LogP contribution in [0.25, 0.3) is 0 Å². The molecule has 1 aliphatic rings. The lowest BCUT2D eigenvalue weighted by Crippen LogP contribution is -2.32. The predicted molar refractivity (Wildman–Crippen MR) is 72.6 cm³/mol. The van der Waals surface area contributed by atoms with Crippen LogP contribution in [0.2, 0.25) is 0 Å². The Bertz CT molecular complexity index is 633. The second-order valence-corrected chi connectivity index (χ2v) is 6.56. The van der Waals surface area contributed by atoms with Gasteiger partial charge in [0.15, 0.2) is 6.10 Å². The molecule has 5 nitrogen and oxygen atoms in total. The quantitative estimate of drug-likeness (QED) is 0.794. The molecule has 1 atom stereocenters. The van der Waals surface area contributed by atoms with Gasteiger partial charge in [0.25, 0.3) is 16.0 Å². The first-order valence-corrected chi connectivity index (χ1v) is 7.97. The zero-order valence-corrected chi connectivity index (χ0v) is 12.3. The van der Waals surface area contributed by atoms with Crippen molar-refractivity contribution in [2.75, 3.05) is 17.7 Å². The Labute approximate surface area is 117 Å². The first-order chi connectivity index (χ1) is 9.19. The minimum atomic E-state index is -3.68. The average molecular weight is 301 g/mol. The van der Waals surface area contributed by atoms with Gasteiger partial charge in [-0.05, 0) is 37.1 Å². The number of amides is 1. The van der Waals surface area contributed by atoms with Crippen LogP contribution in [0.3, 0.4) is 0 Å². The molecule has 0 aliphatic carbocycles. The summed E-state index contributed by atoms with van der Waals surface area (Å²) in [5.41, 5.74) is 1.45. The van der Waals surface area contributed by atoms with Gasteiger partial charge in [-0.15, -0.1) is 0 Å². The minimum Gasteiger partial charge on any atom is -0.310 e. The molecule has 2 rings (SSSR count). The molecule has 1 aliphatic heterocycles. The molecular weight excluding hydrogens is 285 g/mol. The van der Waals surface area contributed by atoms with Crippen molar-refractivity contribution in [3.8, 4) is 0 Å². The molecule has 7 heteroatoms. The van der Waals surface area contributed by atoms with E-state index in [0.717, 1.165) is 6.26 Å². The highest BCUT2D eigenvalue weighted by Gasteiger charge is 2.36. The van der Waals surface area contributed by atoms with Crippen molar-refractivity contribution in [1.82, 2.24) is 0 Å².